The largest absolute Gasteiger partial charge is 0.497 e. The minimum absolute atomic E-state index is 0.0214. The topological polar surface area (TPSA) is 120 Å². The Morgan fingerprint density at radius 3 is 2.22 bits per heavy atom. The molecule has 0 bridgehead atoms. The van der Waals surface area contributed by atoms with Crippen molar-refractivity contribution in [2.45, 2.75) is 19.7 Å². The fraction of sp³-hybridized carbons (Fsp3) is 0.290. The molecule has 2 heterocycles. The fourth-order valence-electron chi connectivity index (χ4n) is 3.89. The minimum atomic E-state index is -4.63. The Labute approximate surface area is 258 Å². The molecule has 0 spiro atoms. The molecule has 4 aromatic rings. The van der Waals surface area contributed by atoms with Gasteiger partial charge in [-0.05, 0) is 56.9 Å². The predicted molar refractivity (Wildman–Crippen MR) is 162 cm³/mol. The Morgan fingerprint density at radius 1 is 0.867 bits per heavy atom. The zero-order valence-corrected chi connectivity index (χ0v) is 25.1. The summed E-state index contributed by atoms with van der Waals surface area (Å²) in [5.74, 6) is 1.72. The van der Waals surface area contributed by atoms with E-state index in [9.17, 15) is 18.0 Å². The van der Waals surface area contributed by atoms with Crippen LogP contribution < -0.4 is 29.6 Å². The van der Waals surface area contributed by atoms with Gasteiger partial charge in [-0.1, -0.05) is 12.1 Å². The molecule has 45 heavy (non-hydrogen) atoms. The number of carbonyl (C=O) groups is 1. The van der Waals surface area contributed by atoms with Crippen LogP contribution in [-0.2, 0) is 12.8 Å². The van der Waals surface area contributed by atoms with Crippen LogP contribution >= 0.6 is 0 Å². The number of nitrogens with one attached hydrogen (secondary N) is 2. The molecule has 0 atom stereocenters. The molecule has 0 unspecified atom stereocenters. The average molecular weight is 627 g/mol. The van der Waals surface area contributed by atoms with Crippen molar-refractivity contribution in [1.82, 2.24) is 19.9 Å². The number of urea groups is 1. The second-order valence-corrected chi connectivity index (χ2v) is 9.87. The Kier molecular flexibility index (Phi) is 11.0. The standard InChI is InChI=1S/C31H33F3N6O5/c1-5-43-27-12-21(16-37-29(27)45-19-20-6-8-25(42-4)9-7-20)28-35-17-24(18-36-28)39-30(41)38-23-13-22(31(32,33)34)14-26(15-23)44-11-10-40(2)3/h6-9,12-18H,5,10-11,19H2,1-4H3,(H2,38,39,41). The number of methoxy groups -OCH3 is 1. The summed E-state index contributed by atoms with van der Waals surface area (Å²) in [5, 5.41) is 4.92. The average Bonchev–Trinajstić information content (AvgIpc) is 3.00. The van der Waals surface area contributed by atoms with Gasteiger partial charge in [-0.15, -0.1) is 0 Å². The number of carbonyl (C=O) groups excluding carboxylic acids is 1. The summed E-state index contributed by atoms with van der Waals surface area (Å²) in [6.45, 7) is 3.14. The molecule has 0 aliphatic rings. The van der Waals surface area contributed by atoms with Crippen LogP contribution in [0.3, 0.4) is 0 Å². The van der Waals surface area contributed by atoms with Gasteiger partial charge >= 0.3 is 12.2 Å². The third kappa shape index (κ3) is 9.69. The van der Waals surface area contributed by atoms with E-state index in [1.54, 1.807) is 13.2 Å². The first-order valence-electron chi connectivity index (χ1n) is 13.8. The number of nitrogens with zero attached hydrogens (tertiary/aromatic N) is 4. The summed E-state index contributed by atoms with van der Waals surface area (Å²) in [4.78, 5) is 27.4. The summed E-state index contributed by atoms with van der Waals surface area (Å²) in [6.07, 6.45) is -0.376. The second-order valence-electron chi connectivity index (χ2n) is 9.87. The maximum atomic E-state index is 13.5. The van der Waals surface area contributed by atoms with E-state index in [1.807, 2.05) is 50.2 Å². The maximum Gasteiger partial charge on any atom is 0.416 e. The van der Waals surface area contributed by atoms with Crippen molar-refractivity contribution < 1.29 is 36.9 Å². The lowest BCUT2D eigenvalue weighted by atomic mass is 10.2. The highest BCUT2D eigenvalue weighted by atomic mass is 19.4. The van der Waals surface area contributed by atoms with Gasteiger partial charge in [0.05, 0.1) is 37.4 Å². The number of rotatable bonds is 13. The lowest BCUT2D eigenvalue weighted by molar-refractivity contribution is -0.137. The Hall–Kier alpha value is -5.11. The van der Waals surface area contributed by atoms with Gasteiger partial charge in [0.15, 0.2) is 11.6 Å². The van der Waals surface area contributed by atoms with Crippen molar-refractivity contribution in [1.29, 1.82) is 0 Å². The lowest BCUT2D eigenvalue weighted by Gasteiger charge is -2.15. The number of ether oxygens (including phenoxy) is 4. The van der Waals surface area contributed by atoms with Gasteiger partial charge in [0.2, 0.25) is 0 Å². The van der Waals surface area contributed by atoms with Crippen LogP contribution in [0.5, 0.6) is 23.1 Å². The SMILES string of the molecule is CCOc1cc(-c2ncc(NC(=O)Nc3cc(OCCN(C)C)cc(C(F)(F)F)c3)cn2)cnc1OCc1ccc(OC)cc1. The van der Waals surface area contributed by atoms with E-state index in [1.165, 1.54) is 24.7 Å². The van der Waals surface area contributed by atoms with Crippen LogP contribution in [0.1, 0.15) is 18.1 Å². The highest BCUT2D eigenvalue weighted by Gasteiger charge is 2.31. The van der Waals surface area contributed by atoms with Gasteiger partial charge in [0.1, 0.15) is 24.7 Å². The summed E-state index contributed by atoms with van der Waals surface area (Å²) < 4.78 is 62.6. The number of pyridine rings is 1. The molecular formula is C31H33F3N6O5. The molecule has 2 aromatic carbocycles. The second kappa shape index (κ2) is 15.1. The van der Waals surface area contributed by atoms with Gasteiger partial charge in [0.25, 0.3) is 5.88 Å². The van der Waals surface area contributed by atoms with E-state index in [4.69, 9.17) is 18.9 Å². The van der Waals surface area contributed by atoms with Gasteiger partial charge in [-0.25, -0.2) is 19.7 Å². The first-order chi connectivity index (χ1) is 21.5. The summed E-state index contributed by atoms with van der Waals surface area (Å²) in [5.41, 5.74) is 0.620. The van der Waals surface area contributed by atoms with E-state index in [-0.39, 0.29) is 30.3 Å². The number of hydrogen-bond acceptors (Lipinski definition) is 9. The molecule has 14 heteroatoms. The summed E-state index contributed by atoms with van der Waals surface area (Å²) in [7, 11) is 5.23. The van der Waals surface area contributed by atoms with Crippen LogP contribution in [0.15, 0.2) is 67.1 Å². The van der Waals surface area contributed by atoms with E-state index < -0.39 is 17.8 Å². The molecule has 0 aliphatic carbocycles. The smallest absolute Gasteiger partial charge is 0.416 e. The minimum Gasteiger partial charge on any atom is -0.497 e. The van der Waals surface area contributed by atoms with Crippen LogP contribution in [0.2, 0.25) is 0 Å². The normalized spacial score (nSPS) is 11.2. The molecular weight excluding hydrogens is 593 g/mol. The molecule has 238 valence electrons. The van der Waals surface area contributed by atoms with Crippen LogP contribution in [0, 0.1) is 0 Å². The number of likely N-dealkylation sites (N-methyl/N-ethyl adjacent to an activating group) is 1. The zero-order chi connectivity index (χ0) is 32.4. The van der Waals surface area contributed by atoms with E-state index in [0.717, 1.165) is 23.4 Å². The molecule has 2 N–H and O–H groups in total. The molecule has 0 fully saturated rings. The van der Waals surface area contributed by atoms with Crippen molar-refractivity contribution in [2.24, 2.45) is 0 Å². The van der Waals surface area contributed by atoms with Crippen LogP contribution in [-0.4, -0.2) is 66.8 Å². The third-order valence-electron chi connectivity index (χ3n) is 6.12. The van der Waals surface area contributed by atoms with Gasteiger partial charge < -0.3 is 34.5 Å². The lowest BCUT2D eigenvalue weighted by Crippen LogP contribution is -2.21. The van der Waals surface area contributed by atoms with Gasteiger partial charge in [-0.3, -0.25) is 0 Å². The van der Waals surface area contributed by atoms with Crippen molar-refractivity contribution in [2.75, 3.05) is 51.6 Å². The van der Waals surface area contributed by atoms with Crippen molar-refractivity contribution in [3.8, 4) is 34.5 Å². The van der Waals surface area contributed by atoms with Crippen LogP contribution in [0.4, 0.5) is 29.3 Å². The van der Waals surface area contributed by atoms with E-state index >= 15 is 0 Å². The molecule has 0 aliphatic heterocycles. The number of aromatic nitrogens is 3. The molecule has 0 radical (unpaired) electrons. The number of amides is 2. The number of anilines is 2. The number of benzene rings is 2. The van der Waals surface area contributed by atoms with Crippen molar-refractivity contribution in [3.63, 3.8) is 0 Å². The third-order valence-corrected chi connectivity index (χ3v) is 6.12. The Balaban J connectivity index is 1.41. The first-order valence-corrected chi connectivity index (χ1v) is 13.8. The fourth-order valence-corrected chi connectivity index (χ4v) is 3.89. The summed E-state index contributed by atoms with van der Waals surface area (Å²) >= 11 is 0. The zero-order valence-electron chi connectivity index (χ0n) is 25.1. The molecule has 4 rings (SSSR count). The van der Waals surface area contributed by atoms with Gasteiger partial charge in [-0.2, -0.15) is 13.2 Å². The Morgan fingerprint density at radius 2 is 1.58 bits per heavy atom. The highest BCUT2D eigenvalue weighted by Crippen LogP contribution is 2.34. The van der Waals surface area contributed by atoms with Crippen LogP contribution in [0.25, 0.3) is 11.4 Å². The van der Waals surface area contributed by atoms with E-state index in [0.29, 0.717) is 36.2 Å². The van der Waals surface area contributed by atoms with Crippen molar-refractivity contribution >= 4 is 17.4 Å². The monoisotopic (exact) mass is 626 g/mol. The number of halogens is 3. The number of hydrogen-bond donors (Lipinski definition) is 2. The summed E-state index contributed by atoms with van der Waals surface area (Å²) in [6, 6.07) is 11.4. The molecule has 2 aromatic heterocycles. The molecule has 0 saturated carbocycles. The van der Waals surface area contributed by atoms with Gasteiger partial charge in [0, 0.05) is 30.1 Å². The van der Waals surface area contributed by atoms with E-state index in [2.05, 4.69) is 25.6 Å². The first kappa shape index (κ1) is 32.8. The maximum absolute atomic E-state index is 13.5. The molecule has 0 saturated heterocycles. The van der Waals surface area contributed by atoms with Crippen molar-refractivity contribution in [3.05, 3.63) is 78.2 Å². The molecule has 2 amide bonds. The quantitative estimate of drug-likeness (QED) is 0.181. The Bertz CT molecular complexity index is 1570. The highest BCUT2D eigenvalue weighted by molar-refractivity contribution is 5.99. The predicted octanol–water partition coefficient (Wildman–Crippen LogP) is 6.13. The number of alkyl halides is 3. The molecule has 11 nitrogen and oxygen atoms in total.